The maximum Gasteiger partial charge on any atom is 0.387 e. The summed E-state index contributed by atoms with van der Waals surface area (Å²) in [6.45, 7) is -3.00. The second-order valence-corrected chi connectivity index (χ2v) is 4.43. The van der Waals surface area contributed by atoms with Crippen LogP contribution in [-0.4, -0.2) is 6.61 Å². The van der Waals surface area contributed by atoms with Crippen LogP contribution in [-0.2, 0) is 6.42 Å². The standard InChI is InChI=1S/C15H13F4NO/c16-11-5-3-6-12(17)10(11)8-13(20)9-4-1-2-7-14(9)21-15(18)19/h1-7,13,15H,8,20H2. The fourth-order valence-electron chi connectivity index (χ4n) is 2.05. The molecule has 0 saturated carbocycles. The van der Waals surface area contributed by atoms with Gasteiger partial charge in [-0.2, -0.15) is 8.78 Å². The molecule has 2 N–H and O–H groups in total. The maximum absolute atomic E-state index is 13.6. The zero-order valence-corrected chi connectivity index (χ0v) is 10.9. The van der Waals surface area contributed by atoms with Crippen LogP contribution in [0.15, 0.2) is 42.5 Å². The van der Waals surface area contributed by atoms with Gasteiger partial charge in [0.2, 0.25) is 0 Å². The highest BCUT2D eigenvalue weighted by molar-refractivity contribution is 5.37. The van der Waals surface area contributed by atoms with Gasteiger partial charge in [-0.3, -0.25) is 0 Å². The number of alkyl halides is 2. The van der Waals surface area contributed by atoms with Crippen LogP contribution in [0, 0.1) is 11.6 Å². The highest BCUT2D eigenvalue weighted by Crippen LogP contribution is 2.28. The molecular weight excluding hydrogens is 286 g/mol. The molecule has 2 aromatic carbocycles. The van der Waals surface area contributed by atoms with Gasteiger partial charge in [-0.25, -0.2) is 8.78 Å². The van der Waals surface area contributed by atoms with Gasteiger partial charge < -0.3 is 10.5 Å². The van der Waals surface area contributed by atoms with Crippen molar-refractivity contribution >= 4 is 0 Å². The lowest BCUT2D eigenvalue weighted by atomic mass is 9.98. The Balaban J connectivity index is 2.26. The van der Waals surface area contributed by atoms with E-state index in [1.54, 1.807) is 6.07 Å². The van der Waals surface area contributed by atoms with E-state index in [0.29, 0.717) is 0 Å². The molecule has 6 heteroatoms. The third-order valence-corrected chi connectivity index (χ3v) is 3.02. The minimum Gasteiger partial charge on any atom is -0.434 e. The third-order valence-electron chi connectivity index (χ3n) is 3.02. The zero-order valence-electron chi connectivity index (χ0n) is 10.9. The second-order valence-electron chi connectivity index (χ2n) is 4.43. The first kappa shape index (κ1) is 15.3. The van der Waals surface area contributed by atoms with E-state index in [4.69, 9.17) is 5.73 Å². The summed E-state index contributed by atoms with van der Waals surface area (Å²) in [6, 6.07) is 8.53. The summed E-state index contributed by atoms with van der Waals surface area (Å²) in [4.78, 5) is 0. The molecule has 2 aromatic rings. The normalized spacial score (nSPS) is 12.5. The van der Waals surface area contributed by atoms with Crippen LogP contribution in [0.4, 0.5) is 17.6 Å². The van der Waals surface area contributed by atoms with Crippen molar-refractivity contribution in [1.82, 2.24) is 0 Å². The predicted octanol–water partition coefficient (Wildman–Crippen LogP) is 3.81. The highest BCUT2D eigenvalue weighted by Gasteiger charge is 2.18. The average Bonchev–Trinajstić information content (AvgIpc) is 2.43. The van der Waals surface area contributed by atoms with Gasteiger partial charge in [0.05, 0.1) is 0 Å². The molecule has 2 nitrogen and oxygen atoms in total. The quantitative estimate of drug-likeness (QED) is 0.852. The number of benzene rings is 2. The van der Waals surface area contributed by atoms with Gasteiger partial charge in [0.15, 0.2) is 0 Å². The lowest BCUT2D eigenvalue weighted by molar-refractivity contribution is -0.0506. The van der Waals surface area contributed by atoms with E-state index in [9.17, 15) is 17.6 Å². The van der Waals surface area contributed by atoms with Crippen LogP contribution in [0.1, 0.15) is 17.2 Å². The minimum atomic E-state index is -3.00. The van der Waals surface area contributed by atoms with E-state index in [0.717, 1.165) is 12.1 Å². The number of hydrogen-bond acceptors (Lipinski definition) is 2. The fourth-order valence-corrected chi connectivity index (χ4v) is 2.05. The molecule has 0 aliphatic carbocycles. The molecular formula is C15H13F4NO. The van der Waals surface area contributed by atoms with E-state index in [1.807, 2.05) is 0 Å². The Hall–Kier alpha value is -2.08. The molecule has 21 heavy (non-hydrogen) atoms. The van der Waals surface area contributed by atoms with Crippen LogP contribution in [0.25, 0.3) is 0 Å². The van der Waals surface area contributed by atoms with Gasteiger partial charge in [-0.1, -0.05) is 24.3 Å². The van der Waals surface area contributed by atoms with Gasteiger partial charge in [0, 0.05) is 17.2 Å². The van der Waals surface area contributed by atoms with Gasteiger partial charge in [0.25, 0.3) is 0 Å². The van der Waals surface area contributed by atoms with Crippen molar-refractivity contribution < 1.29 is 22.3 Å². The van der Waals surface area contributed by atoms with Gasteiger partial charge >= 0.3 is 6.61 Å². The lowest BCUT2D eigenvalue weighted by Crippen LogP contribution is -2.17. The lowest BCUT2D eigenvalue weighted by Gasteiger charge is -2.17. The SMILES string of the molecule is NC(Cc1c(F)cccc1F)c1ccccc1OC(F)F. The van der Waals surface area contributed by atoms with Crippen molar-refractivity contribution in [3.05, 3.63) is 65.2 Å². The summed E-state index contributed by atoms with van der Waals surface area (Å²) < 4.78 is 56.2. The first-order chi connectivity index (χ1) is 9.99. The third kappa shape index (κ3) is 3.72. The van der Waals surface area contributed by atoms with Crippen LogP contribution in [0.2, 0.25) is 0 Å². The number of halogens is 4. The van der Waals surface area contributed by atoms with E-state index in [2.05, 4.69) is 4.74 Å². The second kappa shape index (κ2) is 6.58. The Morgan fingerprint density at radius 2 is 1.57 bits per heavy atom. The van der Waals surface area contributed by atoms with Gasteiger partial charge in [-0.05, 0) is 24.6 Å². The van der Waals surface area contributed by atoms with E-state index >= 15 is 0 Å². The molecule has 112 valence electrons. The van der Waals surface area contributed by atoms with Crippen LogP contribution in [0.3, 0.4) is 0 Å². The molecule has 0 saturated heterocycles. The molecule has 0 radical (unpaired) electrons. The molecule has 0 heterocycles. The fraction of sp³-hybridized carbons (Fsp3) is 0.200. The number of ether oxygens (including phenoxy) is 1. The van der Waals surface area contributed by atoms with E-state index in [-0.39, 0.29) is 23.3 Å². The summed E-state index contributed by atoms with van der Waals surface area (Å²) in [5, 5.41) is 0. The molecule has 0 amide bonds. The molecule has 0 bridgehead atoms. The summed E-state index contributed by atoms with van der Waals surface area (Å²) in [6.07, 6.45) is -0.165. The molecule has 2 rings (SSSR count). The number of hydrogen-bond donors (Lipinski definition) is 1. The summed E-state index contributed by atoms with van der Waals surface area (Å²) >= 11 is 0. The van der Waals surface area contributed by atoms with Crippen molar-refractivity contribution in [2.45, 2.75) is 19.1 Å². The van der Waals surface area contributed by atoms with E-state index in [1.165, 1.54) is 24.3 Å². The van der Waals surface area contributed by atoms with E-state index < -0.39 is 24.3 Å². The molecule has 0 spiro atoms. The molecule has 0 aliphatic rings. The number of nitrogens with two attached hydrogens (primary N) is 1. The van der Waals surface area contributed by atoms with Gasteiger partial charge in [-0.15, -0.1) is 0 Å². The summed E-state index contributed by atoms with van der Waals surface area (Å²) in [7, 11) is 0. The van der Waals surface area contributed by atoms with Crippen molar-refractivity contribution in [2.75, 3.05) is 0 Å². The monoisotopic (exact) mass is 299 g/mol. The summed E-state index contributed by atoms with van der Waals surface area (Å²) in [5.74, 6) is -1.55. The molecule has 1 unspecified atom stereocenters. The largest absolute Gasteiger partial charge is 0.434 e. The minimum absolute atomic E-state index is 0.100. The molecule has 0 aliphatic heterocycles. The van der Waals surface area contributed by atoms with Crippen molar-refractivity contribution in [1.29, 1.82) is 0 Å². The first-order valence-electron chi connectivity index (χ1n) is 6.21. The average molecular weight is 299 g/mol. The van der Waals surface area contributed by atoms with Crippen LogP contribution >= 0.6 is 0 Å². The number of para-hydroxylation sites is 1. The van der Waals surface area contributed by atoms with Gasteiger partial charge in [0.1, 0.15) is 17.4 Å². The Morgan fingerprint density at radius 1 is 0.952 bits per heavy atom. The van der Waals surface area contributed by atoms with Crippen LogP contribution in [0.5, 0.6) is 5.75 Å². The van der Waals surface area contributed by atoms with Crippen molar-refractivity contribution in [3.8, 4) is 5.75 Å². The smallest absolute Gasteiger partial charge is 0.387 e. The maximum atomic E-state index is 13.6. The first-order valence-corrected chi connectivity index (χ1v) is 6.21. The predicted molar refractivity (Wildman–Crippen MR) is 70.1 cm³/mol. The highest BCUT2D eigenvalue weighted by atomic mass is 19.3. The Morgan fingerprint density at radius 3 is 2.19 bits per heavy atom. The summed E-state index contributed by atoms with van der Waals surface area (Å²) in [5.41, 5.74) is 5.96. The van der Waals surface area contributed by atoms with Crippen LogP contribution < -0.4 is 10.5 Å². The topological polar surface area (TPSA) is 35.2 Å². The zero-order chi connectivity index (χ0) is 15.4. The molecule has 0 aromatic heterocycles. The Labute approximate surface area is 119 Å². The van der Waals surface area contributed by atoms with Crippen molar-refractivity contribution in [2.24, 2.45) is 5.73 Å². The molecule has 0 fully saturated rings. The molecule has 1 atom stereocenters. The Kier molecular flexibility index (Phi) is 4.80. The number of rotatable bonds is 5. The van der Waals surface area contributed by atoms with Crippen molar-refractivity contribution in [3.63, 3.8) is 0 Å². The Bertz CT molecular complexity index is 598.